The number of carbonyl (C=O) groups is 1. The minimum atomic E-state index is -0.169. The molecule has 0 aromatic carbocycles. The third kappa shape index (κ3) is 2.88. The normalized spacial score (nSPS) is 11.8. The minimum Gasteiger partial charge on any atom is -0.347 e. The Balaban J connectivity index is 2.64. The van der Waals surface area contributed by atoms with Gasteiger partial charge >= 0.3 is 0 Å². The molecule has 1 unspecified atom stereocenters. The first-order chi connectivity index (χ1) is 7.19. The van der Waals surface area contributed by atoms with Crippen LogP contribution in [0, 0.1) is 12.3 Å². The fourth-order valence-corrected chi connectivity index (χ4v) is 1.42. The lowest BCUT2D eigenvalue weighted by Gasteiger charge is -2.12. The summed E-state index contributed by atoms with van der Waals surface area (Å²) in [5.41, 5.74) is 0.631. The molecule has 1 aromatic rings. The van der Waals surface area contributed by atoms with Crippen LogP contribution in [0.3, 0.4) is 0 Å². The summed E-state index contributed by atoms with van der Waals surface area (Å²) in [6, 6.07) is 3.44. The molecule has 0 spiro atoms. The van der Waals surface area contributed by atoms with Gasteiger partial charge in [0, 0.05) is 13.2 Å². The molecule has 0 radical (unpaired) electrons. The van der Waals surface area contributed by atoms with Crippen molar-refractivity contribution in [1.29, 1.82) is 0 Å². The molecule has 1 rings (SSSR count). The number of nitrogens with one attached hydrogen (secondary N) is 1. The van der Waals surface area contributed by atoms with E-state index in [4.69, 9.17) is 6.42 Å². The predicted octanol–water partition coefficient (Wildman–Crippen LogP) is 1.56. The number of rotatable bonds is 4. The standard InChI is InChI=1S/C12H16N2O/c1-4-7-10(5-2)13-12(15)11-8-6-9-14(11)3/h2,6,8-10H,4,7H2,1,3H3,(H,13,15). The molecule has 0 saturated carbocycles. The average Bonchev–Trinajstić information content (AvgIpc) is 2.63. The number of aryl methyl sites for hydroxylation is 1. The molecule has 0 bridgehead atoms. The summed E-state index contributed by atoms with van der Waals surface area (Å²) in [4.78, 5) is 11.7. The molecule has 1 amide bonds. The second-order valence-corrected chi connectivity index (χ2v) is 3.49. The minimum absolute atomic E-state index is 0.112. The lowest BCUT2D eigenvalue weighted by atomic mass is 10.2. The Morgan fingerprint density at radius 2 is 2.47 bits per heavy atom. The van der Waals surface area contributed by atoms with Crippen molar-refractivity contribution >= 4 is 5.91 Å². The predicted molar refractivity (Wildman–Crippen MR) is 60.4 cm³/mol. The van der Waals surface area contributed by atoms with Crippen molar-refractivity contribution < 1.29 is 4.79 Å². The molecular formula is C12H16N2O. The van der Waals surface area contributed by atoms with Crippen LogP contribution in [0.25, 0.3) is 0 Å². The zero-order valence-corrected chi connectivity index (χ0v) is 9.16. The van der Waals surface area contributed by atoms with Gasteiger partial charge in [-0.2, -0.15) is 0 Å². The van der Waals surface area contributed by atoms with Crippen molar-refractivity contribution in [3.63, 3.8) is 0 Å². The van der Waals surface area contributed by atoms with E-state index in [0.717, 1.165) is 12.8 Å². The van der Waals surface area contributed by atoms with Crippen LogP contribution in [0.5, 0.6) is 0 Å². The van der Waals surface area contributed by atoms with Crippen LogP contribution in [0.4, 0.5) is 0 Å². The highest BCUT2D eigenvalue weighted by molar-refractivity contribution is 5.93. The molecule has 0 saturated heterocycles. The van der Waals surface area contributed by atoms with Crippen LogP contribution in [0.15, 0.2) is 18.3 Å². The zero-order valence-electron chi connectivity index (χ0n) is 9.16. The van der Waals surface area contributed by atoms with Gasteiger partial charge in [0.2, 0.25) is 0 Å². The summed E-state index contributed by atoms with van der Waals surface area (Å²) in [6.07, 6.45) is 8.93. The summed E-state index contributed by atoms with van der Waals surface area (Å²) in [6.45, 7) is 2.04. The number of hydrogen-bond donors (Lipinski definition) is 1. The molecular weight excluding hydrogens is 188 g/mol. The number of carbonyl (C=O) groups excluding carboxylic acids is 1. The molecule has 1 heterocycles. The Hall–Kier alpha value is -1.69. The first-order valence-electron chi connectivity index (χ1n) is 5.07. The van der Waals surface area contributed by atoms with Gasteiger partial charge in [0.15, 0.2) is 0 Å². The largest absolute Gasteiger partial charge is 0.347 e. The Kier molecular flexibility index (Phi) is 3.99. The van der Waals surface area contributed by atoms with Crippen LogP contribution in [-0.2, 0) is 7.05 Å². The van der Waals surface area contributed by atoms with Gasteiger partial charge in [-0.25, -0.2) is 0 Å². The highest BCUT2D eigenvalue weighted by Gasteiger charge is 2.12. The number of amides is 1. The quantitative estimate of drug-likeness (QED) is 0.742. The molecule has 0 fully saturated rings. The van der Waals surface area contributed by atoms with Crippen molar-refractivity contribution in [1.82, 2.24) is 9.88 Å². The maximum Gasteiger partial charge on any atom is 0.268 e. The SMILES string of the molecule is C#CC(CCC)NC(=O)c1cccn1C. The molecule has 0 aliphatic heterocycles. The summed E-state index contributed by atoms with van der Waals surface area (Å²) >= 11 is 0. The second-order valence-electron chi connectivity index (χ2n) is 3.49. The molecule has 0 aliphatic carbocycles. The number of aromatic nitrogens is 1. The van der Waals surface area contributed by atoms with E-state index >= 15 is 0 Å². The van der Waals surface area contributed by atoms with Gasteiger partial charge in [0.1, 0.15) is 5.69 Å². The molecule has 15 heavy (non-hydrogen) atoms. The second kappa shape index (κ2) is 5.26. The van der Waals surface area contributed by atoms with Gasteiger partial charge in [-0.3, -0.25) is 4.79 Å². The molecule has 80 valence electrons. The van der Waals surface area contributed by atoms with E-state index < -0.39 is 0 Å². The maximum atomic E-state index is 11.7. The van der Waals surface area contributed by atoms with Gasteiger partial charge in [-0.1, -0.05) is 19.3 Å². The molecule has 3 nitrogen and oxygen atoms in total. The third-order valence-corrected chi connectivity index (χ3v) is 2.26. The van der Waals surface area contributed by atoms with Gasteiger partial charge in [-0.15, -0.1) is 6.42 Å². The Morgan fingerprint density at radius 3 is 2.93 bits per heavy atom. The molecule has 1 N–H and O–H groups in total. The van der Waals surface area contributed by atoms with E-state index in [1.54, 1.807) is 10.6 Å². The third-order valence-electron chi connectivity index (χ3n) is 2.26. The lowest BCUT2D eigenvalue weighted by molar-refractivity contribution is 0.0936. The average molecular weight is 204 g/mol. The van der Waals surface area contributed by atoms with Gasteiger partial charge < -0.3 is 9.88 Å². The van der Waals surface area contributed by atoms with Crippen LogP contribution < -0.4 is 5.32 Å². The summed E-state index contributed by atoms with van der Waals surface area (Å²) in [7, 11) is 1.83. The van der Waals surface area contributed by atoms with Crippen molar-refractivity contribution in [2.45, 2.75) is 25.8 Å². The first kappa shape index (κ1) is 11.4. The fourth-order valence-electron chi connectivity index (χ4n) is 1.42. The van der Waals surface area contributed by atoms with Crippen molar-refractivity contribution in [3.8, 4) is 12.3 Å². The lowest BCUT2D eigenvalue weighted by Crippen LogP contribution is -2.34. The smallest absolute Gasteiger partial charge is 0.268 e. The molecule has 3 heteroatoms. The molecule has 1 atom stereocenters. The van der Waals surface area contributed by atoms with E-state index in [9.17, 15) is 4.79 Å². The van der Waals surface area contributed by atoms with Crippen molar-refractivity contribution in [2.75, 3.05) is 0 Å². The highest BCUT2D eigenvalue weighted by Crippen LogP contribution is 2.01. The van der Waals surface area contributed by atoms with E-state index in [2.05, 4.69) is 11.2 Å². The van der Waals surface area contributed by atoms with Crippen molar-refractivity contribution in [3.05, 3.63) is 24.0 Å². The Bertz CT molecular complexity index is 373. The zero-order chi connectivity index (χ0) is 11.3. The first-order valence-corrected chi connectivity index (χ1v) is 5.07. The van der Waals surface area contributed by atoms with E-state index in [-0.39, 0.29) is 11.9 Å². The Labute approximate surface area is 90.5 Å². The van der Waals surface area contributed by atoms with Crippen LogP contribution in [0.2, 0.25) is 0 Å². The van der Waals surface area contributed by atoms with E-state index in [1.807, 2.05) is 26.2 Å². The van der Waals surface area contributed by atoms with E-state index in [0.29, 0.717) is 5.69 Å². The van der Waals surface area contributed by atoms with Crippen LogP contribution in [-0.4, -0.2) is 16.5 Å². The topological polar surface area (TPSA) is 34.0 Å². The summed E-state index contributed by atoms with van der Waals surface area (Å²) in [5, 5.41) is 2.81. The Morgan fingerprint density at radius 1 is 1.73 bits per heavy atom. The maximum absolute atomic E-state index is 11.7. The monoisotopic (exact) mass is 204 g/mol. The number of nitrogens with zero attached hydrogens (tertiary/aromatic N) is 1. The van der Waals surface area contributed by atoms with Crippen LogP contribution >= 0.6 is 0 Å². The van der Waals surface area contributed by atoms with Crippen molar-refractivity contribution in [2.24, 2.45) is 7.05 Å². The van der Waals surface area contributed by atoms with Gasteiger partial charge in [0.25, 0.3) is 5.91 Å². The van der Waals surface area contributed by atoms with E-state index in [1.165, 1.54) is 0 Å². The molecule has 1 aromatic heterocycles. The molecule has 0 aliphatic rings. The van der Waals surface area contributed by atoms with Crippen LogP contribution in [0.1, 0.15) is 30.3 Å². The summed E-state index contributed by atoms with van der Waals surface area (Å²) < 4.78 is 1.77. The fraction of sp³-hybridized carbons (Fsp3) is 0.417. The highest BCUT2D eigenvalue weighted by atomic mass is 16.2. The summed E-state index contributed by atoms with van der Waals surface area (Å²) in [5.74, 6) is 2.46. The number of terminal acetylenes is 1. The van der Waals surface area contributed by atoms with Gasteiger partial charge in [-0.05, 0) is 18.6 Å². The van der Waals surface area contributed by atoms with Gasteiger partial charge in [0.05, 0.1) is 6.04 Å². The number of hydrogen-bond acceptors (Lipinski definition) is 1.